The van der Waals surface area contributed by atoms with Crippen LogP contribution in [-0.4, -0.2) is 42.3 Å². The van der Waals surface area contributed by atoms with E-state index in [0.29, 0.717) is 25.8 Å². The van der Waals surface area contributed by atoms with Crippen LogP contribution in [0.3, 0.4) is 0 Å². The molecule has 7 heteroatoms. The smallest absolute Gasteiger partial charge is 0.407 e. The summed E-state index contributed by atoms with van der Waals surface area (Å²) >= 11 is 0. The summed E-state index contributed by atoms with van der Waals surface area (Å²) in [6.45, 7) is 2.44. The molecule has 0 unspecified atom stereocenters. The zero-order valence-corrected chi connectivity index (χ0v) is 20.2. The molecule has 0 spiro atoms. The van der Waals surface area contributed by atoms with E-state index >= 15 is 0 Å². The standard InChI is InChI=1S/C28H34N2O5/c1-2-9-25(26(31)29-16-18-10-3-4-11-19(18)27(32)33)30-28(34)35-17-24-22-14-7-5-12-20(22)21-13-6-8-15-23(21)24/h5-8,12-15,18-19,24-25H,2-4,9-11,16-17H2,1H3,(H,29,31)(H,30,34)(H,32,33)/t18-,19-,25+/m1/s1. The Morgan fingerprint density at radius 2 is 1.63 bits per heavy atom. The van der Waals surface area contributed by atoms with Gasteiger partial charge in [-0.1, -0.05) is 74.7 Å². The van der Waals surface area contributed by atoms with E-state index in [-0.39, 0.29) is 24.3 Å². The number of benzene rings is 2. The van der Waals surface area contributed by atoms with Crippen LogP contribution in [0, 0.1) is 11.8 Å². The van der Waals surface area contributed by atoms with Crippen molar-refractivity contribution in [3.8, 4) is 11.1 Å². The van der Waals surface area contributed by atoms with Crippen LogP contribution >= 0.6 is 0 Å². The van der Waals surface area contributed by atoms with Gasteiger partial charge in [-0.15, -0.1) is 0 Å². The van der Waals surface area contributed by atoms with Gasteiger partial charge in [0, 0.05) is 12.5 Å². The highest BCUT2D eigenvalue weighted by atomic mass is 16.5. The lowest BCUT2D eigenvalue weighted by Crippen LogP contribution is -2.49. The van der Waals surface area contributed by atoms with Crippen LogP contribution in [0.1, 0.15) is 62.5 Å². The molecule has 3 atom stereocenters. The van der Waals surface area contributed by atoms with Crippen molar-refractivity contribution in [2.24, 2.45) is 11.8 Å². The number of fused-ring (bicyclic) bond motifs is 3. The van der Waals surface area contributed by atoms with Gasteiger partial charge in [-0.25, -0.2) is 4.79 Å². The SMILES string of the molecule is CCC[C@H](NC(=O)OCC1c2ccccc2-c2ccccc21)C(=O)NC[C@H]1CCCC[C@H]1C(=O)O. The Labute approximate surface area is 206 Å². The van der Waals surface area contributed by atoms with Crippen molar-refractivity contribution in [2.45, 2.75) is 57.4 Å². The second-order valence-corrected chi connectivity index (χ2v) is 9.55. The maximum atomic E-state index is 12.8. The van der Waals surface area contributed by atoms with E-state index in [9.17, 15) is 19.5 Å². The lowest BCUT2D eigenvalue weighted by molar-refractivity contribution is -0.145. The molecule has 0 radical (unpaired) electrons. The molecule has 0 aromatic heterocycles. The molecule has 2 aromatic rings. The highest BCUT2D eigenvalue weighted by molar-refractivity contribution is 5.85. The lowest BCUT2D eigenvalue weighted by Gasteiger charge is -2.29. The molecule has 186 valence electrons. The maximum absolute atomic E-state index is 12.8. The van der Waals surface area contributed by atoms with Gasteiger partial charge < -0.3 is 20.5 Å². The number of ether oxygens (including phenoxy) is 1. The zero-order valence-electron chi connectivity index (χ0n) is 20.2. The van der Waals surface area contributed by atoms with Crippen LogP contribution in [0.4, 0.5) is 4.79 Å². The Balaban J connectivity index is 1.33. The van der Waals surface area contributed by atoms with Gasteiger partial charge in [0.15, 0.2) is 0 Å². The van der Waals surface area contributed by atoms with Crippen LogP contribution in [0.5, 0.6) is 0 Å². The predicted molar refractivity (Wildman–Crippen MR) is 133 cm³/mol. The number of rotatable bonds is 9. The maximum Gasteiger partial charge on any atom is 0.407 e. The monoisotopic (exact) mass is 478 g/mol. The summed E-state index contributed by atoms with van der Waals surface area (Å²) < 4.78 is 5.60. The number of amides is 2. The van der Waals surface area contributed by atoms with Crippen LogP contribution in [-0.2, 0) is 14.3 Å². The number of alkyl carbamates (subject to hydrolysis) is 1. The average Bonchev–Trinajstić information content (AvgIpc) is 3.19. The fourth-order valence-electron chi connectivity index (χ4n) is 5.47. The van der Waals surface area contributed by atoms with Gasteiger partial charge in [-0.05, 0) is 47.4 Å². The topological polar surface area (TPSA) is 105 Å². The van der Waals surface area contributed by atoms with Gasteiger partial charge >= 0.3 is 12.1 Å². The second-order valence-electron chi connectivity index (χ2n) is 9.55. The number of hydrogen-bond acceptors (Lipinski definition) is 4. The Bertz CT molecular complexity index is 1020. The normalized spacial score (nSPS) is 19.8. The van der Waals surface area contributed by atoms with Crippen LogP contribution < -0.4 is 10.6 Å². The largest absolute Gasteiger partial charge is 0.481 e. The Morgan fingerprint density at radius 3 is 2.26 bits per heavy atom. The molecule has 1 fully saturated rings. The van der Waals surface area contributed by atoms with Crippen LogP contribution in [0.25, 0.3) is 11.1 Å². The first-order chi connectivity index (χ1) is 17.0. The van der Waals surface area contributed by atoms with E-state index in [0.717, 1.165) is 41.5 Å². The molecule has 2 aliphatic rings. The molecule has 2 amide bonds. The Kier molecular flexibility index (Phi) is 8.06. The summed E-state index contributed by atoms with van der Waals surface area (Å²) in [5.41, 5.74) is 4.57. The minimum atomic E-state index is -0.800. The third-order valence-corrected chi connectivity index (χ3v) is 7.29. The number of hydrogen-bond donors (Lipinski definition) is 3. The minimum absolute atomic E-state index is 0.0501. The molecule has 2 aliphatic carbocycles. The van der Waals surface area contributed by atoms with Crippen LogP contribution in [0.15, 0.2) is 48.5 Å². The molecule has 0 saturated heterocycles. The van der Waals surface area contributed by atoms with Gasteiger partial charge in [-0.3, -0.25) is 9.59 Å². The van der Waals surface area contributed by atoms with Crippen molar-refractivity contribution in [2.75, 3.05) is 13.2 Å². The summed E-state index contributed by atoms with van der Waals surface area (Å²) in [5, 5.41) is 15.1. The molecule has 3 N–H and O–H groups in total. The molecule has 35 heavy (non-hydrogen) atoms. The number of carbonyl (C=O) groups is 3. The molecule has 0 heterocycles. The summed E-state index contributed by atoms with van der Waals surface area (Å²) in [7, 11) is 0. The number of aliphatic carboxylic acids is 1. The summed E-state index contributed by atoms with van der Waals surface area (Å²) in [5.74, 6) is -1.66. The molecule has 4 rings (SSSR count). The first-order valence-corrected chi connectivity index (χ1v) is 12.6. The molecule has 2 aromatic carbocycles. The van der Waals surface area contributed by atoms with Gasteiger partial charge in [0.05, 0.1) is 5.92 Å². The van der Waals surface area contributed by atoms with Gasteiger partial charge in [0.1, 0.15) is 12.6 Å². The fraction of sp³-hybridized carbons (Fsp3) is 0.464. The summed E-state index contributed by atoms with van der Waals surface area (Å²) in [4.78, 5) is 37.1. The van der Waals surface area contributed by atoms with E-state index < -0.39 is 24.0 Å². The van der Waals surface area contributed by atoms with Crippen molar-refractivity contribution in [1.82, 2.24) is 10.6 Å². The molecule has 1 saturated carbocycles. The average molecular weight is 479 g/mol. The third kappa shape index (κ3) is 5.66. The van der Waals surface area contributed by atoms with Crippen molar-refractivity contribution >= 4 is 18.0 Å². The first kappa shape index (κ1) is 24.8. The summed E-state index contributed by atoms with van der Waals surface area (Å²) in [6, 6.07) is 15.5. The molecule has 7 nitrogen and oxygen atoms in total. The highest BCUT2D eigenvalue weighted by Crippen LogP contribution is 2.44. The van der Waals surface area contributed by atoms with E-state index in [1.807, 2.05) is 31.2 Å². The van der Waals surface area contributed by atoms with Crippen LogP contribution in [0.2, 0.25) is 0 Å². The lowest BCUT2D eigenvalue weighted by atomic mass is 9.79. The van der Waals surface area contributed by atoms with E-state index in [2.05, 4.69) is 34.9 Å². The van der Waals surface area contributed by atoms with E-state index in [4.69, 9.17) is 4.74 Å². The molecule has 0 bridgehead atoms. The van der Waals surface area contributed by atoms with Crippen molar-refractivity contribution in [3.63, 3.8) is 0 Å². The van der Waals surface area contributed by atoms with E-state index in [1.165, 1.54) is 0 Å². The first-order valence-electron chi connectivity index (χ1n) is 12.6. The molecular weight excluding hydrogens is 444 g/mol. The van der Waals surface area contributed by atoms with Gasteiger partial charge in [0.25, 0.3) is 0 Å². The molecular formula is C28H34N2O5. The van der Waals surface area contributed by atoms with Gasteiger partial charge in [0.2, 0.25) is 5.91 Å². The Morgan fingerprint density at radius 1 is 1.00 bits per heavy atom. The molecule has 0 aliphatic heterocycles. The Hall–Kier alpha value is -3.35. The van der Waals surface area contributed by atoms with E-state index in [1.54, 1.807) is 0 Å². The quantitative estimate of drug-likeness (QED) is 0.485. The van der Waals surface area contributed by atoms with Crippen molar-refractivity contribution < 1.29 is 24.2 Å². The minimum Gasteiger partial charge on any atom is -0.481 e. The summed E-state index contributed by atoms with van der Waals surface area (Å²) in [6.07, 6.45) is 3.87. The van der Waals surface area contributed by atoms with Crippen molar-refractivity contribution in [1.29, 1.82) is 0 Å². The number of nitrogens with one attached hydrogen (secondary N) is 2. The third-order valence-electron chi connectivity index (χ3n) is 7.29. The van der Waals surface area contributed by atoms with Crippen molar-refractivity contribution in [3.05, 3.63) is 59.7 Å². The predicted octanol–water partition coefficient (Wildman–Crippen LogP) is 4.70. The zero-order chi connectivity index (χ0) is 24.8. The van der Waals surface area contributed by atoms with Gasteiger partial charge in [-0.2, -0.15) is 0 Å². The second kappa shape index (κ2) is 11.4. The number of carboxylic acid groups (broad SMARTS) is 1. The highest BCUT2D eigenvalue weighted by Gasteiger charge is 2.32. The number of carbonyl (C=O) groups excluding carboxylic acids is 2. The number of carboxylic acids is 1. The fourth-order valence-corrected chi connectivity index (χ4v) is 5.47.